The molecule has 17 heavy (non-hydrogen) atoms. The Morgan fingerprint density at radius 2 is 2.12 bits per heavy atom. The predicted octanol–water partition coefficient (Wildman–Crippen LogP) is 1.56. The topological polar surface area (TPSA) is 50.7 Å². The average Bonchev–Trinajstić information content (AvgIpc) is 2.32. The Morgan fingerprint density at radius 1 is 1.29 bits per heavy atom. The zero-order valence-electron chi connectivity index (χ0n) is 9.91. The highest BCUT2D eigenvalue weighted by atomic mass is 79.9. The second-order valence-corrected chi connectivity index (χ2v) is 4.38. The molecule has 1 rings (SSSR count). The van der Waals surface area contributed by atoms with Gasteiger partial charge in [-0.1, -0.05) is 15.9 Å². The molecular weight excluding hydrogens is 286 g/mol. The van der Waals surface area contributed by atoms with Gasteiger partial charge >= 0.3 is 0 Å². The molecule has 5 heteroatoms. The number of hydrogen-bond acceptors (Lipinski definition) is 4. The third kappa shape index (κ3) is 5.50. The van der Waals surface area contributed by atoms with E-state index in [9.17, 15) is 0 Å². The van der Waals surface area contributed by atoms with Crippen molar-refractivity contribution in [1.29, 1.82) is 0 Å². The first kappa shape index (κ1) is 14.4. The molecule has 2 N–H and O–H groups in total. The number of benzene rings is 1. The first-order valence-electron chi connectivity index (χ1n) is 5.52. The van der Waals surface area contributed by atoms with Crippen molar-refractivity contribution >= 4 is 15.9 Å². The Morgan fingerprint density at radius 3 is 2.82 bits per heavy atom. The Labute approximate surface area is 110 Å². The molecular formula is C12H18BrNO3. The van der Waals surface area contributed by atoms with E-state index in [0.29, 0.717) is 19.8 Å². The van der Waals surface area contributed by atoms with Gasteiger partial charge in [-0.15, -0.1) is 0 Å². The summed E-state index contributed by atoms with van der Waals surface area (Å²) in [5.74, 6) is 0.857. The Balaban J connectivity index is 2.45. The summed E-state index contributed by atoms with van der Waals surface area (Å²) in [5.41, 5.74) is 1.10. The van der Waals surface area contributed by atoms with Gasteiger partial charge in [0.1, 0.15) is 12.4 Å². The maximum absolute atomic E-state index is 8.55. The van der Waals surface area contributed by atoms with Gasteiger partial charge < -0.3 is 19.9 Å². The van der Waals surface area contributed by atoms with Crippen molar-refractivity contribution < 1.29 is 14.6 Å². The van der Waals surface area contributed by atoms with Crippen molar-refractivity contribution in [2.24, 2.45) is 0 Å². The Kier molecular flexibility index (Phi) is 7.19. The fourth-order valence-electron chi connectivity index (χ4n) is 1.39. The molecule has 0 aliphatic heterocycles. The third-order valence-electron chi connectivity index (χ3n) is 2.11. The molecule has 96 valence electrons. The van der Waals surface area contributed by atoms with Crippen molar-refractivity contribution in [2.75, 3.05) is 33.5 Å². The highest BCUT2D eigenvalue weighted by Gasteiger charge is 2.03. The molecule has 0 spiro atoms. The number of halogens is 1. The van der Waals surface area contributed by atoms with E-state index in [4.69, 9.17) is 14.6 Å². The van der Waals surface area contributed by atoms with Crippen molar-refractivity contribution in [1.82, 2.24) is 5.32 Å². The lowest BCUT2D eigenvalue weighted by molar-refractivity contribution is 0.0703. The maximum Gasteiger partial charge on any atom is 0.123 e. The number of rotatable bonds is 8. The molecule has 0 bridgehead atoms. The molecule has 0 aromatic heterocycles. The van der Waals surface area contributed by atoms with E-state index < -0.39 is 0 Å². The monoisotopic (exact) mass is 303 g/mol. The summed E-state index contributed by atoms with van der Waals surface area (Å²) >= 11 is 3.43. The van der Waals surface area contributed by atoms with Gasteiger partial charge in [-0.25, -0.2) is 0 Å². The molecule has 0 saturated heterocycles. The van der Waals surface area contributed by atoms with Crippen LogP contribution in [0.2, 0.25) is 0 Å². The molecule has 4 nitrogen and oxygen atoms in total. The van der Waals surface area contributed by atoms with E-state index in [1.807, 2.05) is 25.2 Å². The molecule has 0 aliphatic rings. The van der Waals surface area contributed by atoms with Crippen LogP contribution in [0, 0.1) is 0 Å². The third-order valence-corrected chi connectivity index (χ3v) is 2.60. The number of nitrogens with one attached hydrogen (secondary N) is 1. The van der Waals surface area contributed by atoms with E-state index in [2.05, 4.69) is 21.2 Å². The fourth-order valence-corrected chi connectivity index (χ4v) is 1.80. The summed E-state index contributed by atoms with van der Waals surface area (Å²) in [4.78, 5) is 0. The number of aliphatic hydroxyl groups is 1. The average molecular weight is 304 g/mol. The zero-order valence-corrected chi connectivity index (χ0v) is 11.5. The van der Waals surface area contributed by atoms with Crippen LogP contribution in [0.1, 0.15) is 5.56 Å². The van der Waals surface area contributed by atoms with Gasteiger partial charge in [0.05, 0.1) is 19.8 Å². The highest BCUT2D eigenvalue weighted by Crippen LogP contribution is 2.23. The summed E-state index contributed by atoms with van der Waals surface area (Å²) in [7, 11) is 1.90. The first-order valence-corrected chi connectivity index (χ1v) is 6.31. The summed E-state index contributed by atoms with van der Waals surface area (Å²) in [6.07, 6.45) is 0. The molecule has 0 amide bonds. The molecule has 0 saturated carbocycles. The number of aliphatic hydroxyl groups excluding tert-OH is 1. The van der Waals surface area contributed by atoms with Gasteiger partial charge in [-0.2, -0.15) is 0 Å². The highest BCUT2D eigenvalue weighted by molar-refractivity contribution is 9.10. The largest absolute Gasteiger partial charge is 0.491 e. The molecule has 0 atom stereocenters. The number of ether oxygens (including phenoxy) is 2. The van der Waals surface area contributed by atoms with E-state index in [1.165, 1.54) is 0 Å². The summed E-state index contributed by atoms with van der Waals surface area (Å²) in [6.45, 7) is 2.12. The van der Waals surface area contributed by atoms with Gasteiger partial charge in [-0.05, 0) is 25.2 Å². The van der Waals surface area contributed by atoms with E-state index in [1.54, 1.807) is 0 Å². The Bertz CT molecular complexity index is 334. The Hall–Kier alpha value is -0.620. The van der Waals surface area contributed by atoms with Crippen LogP contribution in [-0.4, -0.2) is 38.6 Å². The second-order valence-electron chi connectivity index (χ2n) is 3.47. The summed E-state index contributed by atoms with van der Waals surface area (Å²) < 4.78 is 11.8. The quantitative estimate of drug-likeness (QED) is 0.716. The van der Waals surface area contributed by atoms with Crippen LogP contribution in [0.5, 0.6) is 5.75 Å². The van der Waals surface area contributed by atoms with Gasteiger partial charge in [-0.3, -0.25) is 0 Å². The molecule has 0 heterocycles. The van der Waals surface area contributed by atoms with Gasteiger partial charge in [0, 0.05) is 16.6 Å². The second kappa shape index (κ2) is 8.47. The molecule has 1 aromatic rings. The van der Waals surface area contributed by atoms with Crippen LogP contribution in [0.15, 0.2) is 22.7 Å². The van der Waals surface area contributed by atoms with Crippen LogP contribution < -0.4 is 10.1 Å². The van der Waals surface area contributed by atoms with Gasteiger partial charge in [0.2, 0.25) is 0 Å². The summed E-state index contributed by atoms with van der Waals surface area (Å²) in [5, 5.41) is 11.6. The summed E-state index contributed by atoms with van der Waals surface area (Å²) in [6, 6.07) is 5.91. The lowest BCUT2D eigenvalue weighted by Gasteiger charge is -2.11. The van der Waals surface area contributed by atoms with Crippen LogP contribution in [-0.2, 0) is 11.3 Å². The smallest absolute Gasteiger partial charge is 0.123 e. The minimum atomic E-state index is 0.0449. The number of hydrogen-bond donors (Lipinski definition) is 2. The molecule has 0 fully saturated rings. The van der Waals surface area contributed by atoms with Crippen molar-refractivity contribution in [2.45, 2.75) is 6.54 Å². The van der Waals surface area contributed by atoms with Crippen LogP contribution in [0.3, 0.4) is 0 Å². The van der Waals surface area contributed by atoms with Crippen LogP contribution in [0.25, 0.3) is 0 Å². The first-order chi connectivity index (χ1) is 8.27. The maximum atomic E-state index is 8.55. The van der Waals surface area contributed by atoms with Crippen LogP contribution >= 0.6 is 15.9 Å². The van der Waals surface area contributed by atoms with E-state index in [-0.39, 0.29) is 6.61 Å². The van der Waals surface area contributed by atoms with Gasteiger partial charge in [0.15, 0.2) is 0 Å². The predicted molar refractivity (Wildman–Crippen MR) is 70.3 cm³/mol. The minimum absolute atomic E-state index is 0.0449. The SMILES string of the molecule is CNCc1cc(Br)ccc1OCCOCCO. The normalized spacial score (nSPS) is 10.5. The van der Waals surface area contributed by atoms with E-state index in [0.717, 1.165) is 22.3 Å². The van der Waals surface area contributed by atoms with E-state index >= 15 is 0 Å². The molecule has 0 radical (unpaired) electrons. The standard InChI is InChI=1S/C12H18BrNO3/c1-14-9-10-8-11(13)2-3-12(10)17-7-6-16-5-4-15/h2-3,8,14-15H,4-7,9H2,1H3. The molecule has 0 aliphatic carbocycles. The van der Waals surface area contributed by atoms with Gasteiger partial charge in [0.25, 0.3) is 0 Å². The van der Waals surface area contributed by atoms with Crippen molar-refractivity contribution in [3.05, 3.63) is 28.2 Å². The molecule has 0 unspecified atom stereocenters. The minimum Gasteiger partial charge on any atom is -0.491 e. The van der Waals surface area contributed by atoms with Crippen molar-refractivity contribution in [3.63, 3.8) is 0 Å². The molecule has 1 aromatic carbocycles. The van der Waals surface area contributed by atoms with Crippen molar-refractivity contribution in [3.8, 4) is 5.75 Å². The zero-order chi connectivity index (χ0) is 12.5. The fraction of sp³-hybridized carbons (Fsp3) is 0.500. The van der Waals surface area contributed by atoms with Crippen LogP contribution in [0.4, 0.5) is 0 Å². The lowest BCUT2D eigenvalue weighted by atomic mass is 10.2. The lowest BCUT2D eigenvalue weighted by Crippen LogP contribution is -2.12.